The molecule has 1 unspecified atom stereocenters. The third-order valence-electron chi connectivity index (χ3n) is 5.41. The summed E-state index contributed by atoms with van der Waals surface area (Å²) in [6.45, 7) is 3.62. The van der Waals surface area contributed by atoms with Gasteiger partial charge >= 0.3 is 0 Å². The quantitative estimate of drug-likeness (QED) is 0.706. The Morgan fingerprint density at radius 2 is 1.85 bits per heavy atom. The first-order chi connectivity index (χ1) is 12.8. The summed E-state index contributed by atoms with van der Waals surface area (Å²) in [4.78, 5) is 14.6. The van der Waals surface area contributed by atoms with Crippen molar-refractivity contribution in [3.8, 4) is 0 Å². The van der Waals surface area contributed by atoms with Crippen molar-refractivity contribution >= 4 is 43.5 Å². The van der Waals surface area contributed by atoms with Gasteiger partial charge in [0.25, 0.3) is 0 Å². The molecule has 1 aliphatic heterocycles. The average Bonchev–Trinajstić information content (AvgIpc) is 3.14. The van der Waals surface area contributed by atoms with Crippen LogP contribution in [0.1, 0.15) is 32.6 Å². The Balaban J connectivity index is 1.59. The Bertz CT molecular complexity index is 791. The van der Waals surface area contributed by atoms with Crippen LogP contribution >= 0.6 is 27.5 Å². The number of halogens is 2. The van der Waals surface area contributed by atoms with E-state index in [1.54, 1.807) is 12.1 Å². The van der Waals surface area contributed by atoms with Crippen LogP contribution in [0.4, 0.5) is 0 Å². The van der Waals surface area contributed by atoms with E-state index in [0.717, 1.165) is 17.3 Å². The number of carbonyl (C=O) groups excluding carboxylic acids is 1. The van der Waals surface area contributed by atoms with E-state index in [4.69, 9.17) is 11.6 Å². The number of nitrogens with one attached hydrogen (secondary N) is 1. The largest absolute Gasteiger partial charge is 0.352 e. The van der Waals surface area contributed by atoms with E-state index >= 15 is 0 Å². The first kappa shape index (κ1) is 21.0. The fourth-order valence-corrected chi connectivity index (χ4v) is 6.15. The van der Waals surface area contributed by atoms with Crippen LogP contribution < -0.4 is 5.32 Å². The Kier molecular flexibility index (Phi) is 6.84. The summed E-state index contributed by atoms with van der Waals surface area (Å²) in [6.07, 6.45) is 4.46. The molecule has 1 saturated heterocycles. The number of hydrogen-bond donors (Lipinski definition) is 1. The molecule has 2 aliphatic rings. The summed E-state index contributed by atoms with van der Waals surface area (Å²) in [5.41, 5.74) is 0. The van der Waals surface area contributed by atoms with Crippen molar-refractivity contribution in [3.05, 3.63) is 27.7 Å². The zero-order valence-electron chi connectivity index (χ0n) is 15.3. The van der Waals surface area contributed by atoms with Crippen LogP contribution in [-0.2, 0) is 14.8 Å². The van der Waals surface area contributed by atoms with Gasteiger partial charge in [-0.05, 0) is 38.0 Å². The number of amides is 1. The van der Waals surface area contributed by atoms with Crippen molar-refractivity contribution < 1.29 is 13.2 Å². The van der Waals surface area contributed by atoms with Crippen molar-refractivity contribution in [3.63, 3.8) is 0 Å². The third-order valence-corrected chi connectivity index (χ3v) is 8.29. The van der Waals surface area contributed by atoms with Crippen LogP contribution in [0.2, 0.25) is 5.02 Å². The molecule has 0 spiro atoms. The van der Waals surface area contributed by atoms with Gasteiger partial charge in [0.05, 0.1) is 11.1 Å². The number of hydrogen-bond acceptors (Lipinski definition) is 4. The van der Waals surface area contributed by atoms with Gasteiger partial charge in [0.2, 0.25) is 15.9 Å². The lowest BCUT2D eigenvalue weighted by Gasteiger charge is -2.37. The normalized spacial score (nSPS) is 21.3. The van der Waals surface area contributed by atoms with Crippen molar-refractivity contribution in [1.29, 1.82) is 0 Å². The second-order valence-corrected chi connectivity index (χ2v) is 10.4. The van der Waals surface area contributed by atoms with Crippen molar-refractivity contribution in [2.75, 3.05) is 26.2 Å². The minimum Gasteiger partial charge on any atom is -0.352 e. The number of sulfonamides is 1. The summed E-state index contributed by atoms with van der Waals surface area (Å²) in [5, 5.41) is 3.33. The molecule has 0 bridgehead atoms. The predicted octanol–water partition coefficient (Wildman–Crippen LogP) is 2.86. The van der Waals surface area contributed by atoms with Crippen LogP contribution in [0.25, 0.3) is 0 Å². The van der Waals surface area contributed by atoms with Crippen molar-refractivity contribution in [2.24, 2.45) is 0 Å². The van der Waals surface area contributed by atoms with Crippen LogP contribution in [0.15, 0.2) is 27.6 Å². The SMILES string of the molecule is CC(C(=O)NC1CCCC1)N1CCN(S(=O)(=O)c2ccc(Br)cc2Cl)CC1. The smallest absolute Gasteiger partial charge is 0.244 e. The van der Waals surface area contributed by atoms with E-state index in [1.165, 1.54) is 23.2 Å². The zero-order valence-corrected chi connectivity index (χ0v) is 18.5. The number of carbonyl (C=O) groups is 1. The lowest BCUT2D eigenvalue weighted by atomic mass is 10.2. The molecule has 27 heavy (non-hydrogen) atoms. The third kappa shape index (κ3) is 4.85. The van der Waals surface area contributed by atoms with Gasteiger partial charge < -0.3 is 5.32 Å². The van der Waals surface area contributed by atoms with E-state index in [-0.39, 0.29) is 21.9 Å². The number of rotatable bonds is 5. The maximum Gasteiger partial charge on any atom is 0.244 e. The molecule has 2 fully saturated rings. The van der Waals surface area contributed by atoms with E-state index in [9.17, 15) is 13.2 Å². The number of benzene rings is 1. The zero-order chi connectivity index (χ0) is 19.6. The minimum atomic E-state index is -3.64. The van der Waals surface area contributed by atoms with Crippen LogP contribution in [-0.4, -0.2) is 61.8 Å². The molecule has 3 rings (SSSR count). The van der Waals surface area contributed by atoms with Crippen LogP contribution in [0.5, 0.6) is 0 Å². The average molecular weight is 479 g/mol. The van der Waals surface area contributed by atoms with Crippen molar-refractivity contribution in [1.82, 2.24) is 14.5 Å². The van der Waals surface area contributed by atoms with Gasteiger partial charge in [0.15, 0.2) is 0 Å². The maximum absolute atomic E-state index is 12.9. The van der Waals surface area contributed by atoms with Crippen molar-refractivity contribution in [2.45, 2.75) is 49.6 Å². The molecular weight excluding hydrogens is 454 g/mol. The minimum absolute atomic E-state index is 0.0363. The highest BCUT2D eigenvalue weighted by atomic mass is 79.9. The Labute approximate surface area is 174 Å². The molecule has 1 amide bonds. The summed E-state index contributed by atoms with van der Waals surface area (Å²) >= 11 is 9.43. The summed E-state index contributed by atoms with van der Waals surface area (Å²) in [6, 6.07) is 4.81. The molecule has 1 aromatic rings. The summed E-state index contributed by atoms with van der Waals surface area (Å²) in [7, 11) is -3.64. The second-order valence-electron chi connectivity index (χ2n) is 7.18. The molecule has 0 aromatic heterocycles. The molecule has 1 heterocycles. The fourth-order valence-electron chi connectivity index (χ4n) is 3.71. The summed E-state index contributed by atoms with van der Waals surface area (Å²) < 4.78 is 28.0. The molecule has 9 heteroatoms. The van der Waals surface area contributed by atoms with Gasteiger partial charge in [-0.1, -0.05) is 40.4 Å². The number of nitrogens with zero attached hydrogens (tertiary/aromatic N) is 2. The lowest BCUT2D eigenvalue weighted by molar-refractivity contribution is -0.127. The monoisotopic (exact) mass is 477 g/mol. The van der Waals surface area contributed by atoms with Gasteiger partial charge in [-0.15, -0.1) is 0 Å². The molecule has 150 valence electrons. The molecule has 1 aromatic carbocycles. The van der Waals surface area contributed by atoms with Crippen LogP contribution in [0, 0.1) is 0 Å². The summed E-state index contributed by atoms with van der Waals surface area (Å²) in [5.74, 6) is 0.0363. The Morgan fingerprint density at radius 1 is 1.22 bits per heavy atom. The molecular formula is C18H25BrClN3O3S. The molecule has 6 nitrogen and oxygen atoms in total. The van der Waals surface area contributed by atoms with E-state index in [1.807, 2.05) is 11.8 Å². The van der Waals surface area contributed by atoms with E-state index < -0.39 is 10.0 Å². The highest BCUT2D eigenvalue weighted by Gasteiger charge is 2.33. The molecule has 1 atom stereocenters. The highest BCUT2D eigenvalue weighted by molar-refractivity contribution is 9.10. The molecule has 1 aliphatic carbocycles. The first-order valence-electron chi connectivity index (χ1n) is 9.28. The van der Waals surface area contributed by atoms with Gasteiger partial charge in [-0.2, -0.15) is 4.31 Å². The van der Waals surface area contributed by atoms with Gasteiger partial charge in [0, 0.05) is 36.7 Å². The van der Waals surface area contributed by atoms with Gasteiger partial charge in [-0.3, -0.25) is 9.69 Å². The predicted molar refractivity (Wildman–Crippen MR) is 109 cm³/mol. The first-order valence-corrected chi connectivity index (χ1v) is 11.9. The standard InChI is InChI=1S/C18H25BrClN3O3S/c1-13(18(24)21-15-4-2-3-5-15)22-8-10-23(11-9-22)27(25,26)17-7-6-14(19)12-16(17)20/h6-7,12-13,15H,2-5,8-11H2,1H3,(H,21,24). The maximum atomic E-state index is 12.9. The van der Waals surface area contributed by atoms with Crippen LogP contribution in [0.3, 0.4) is 0 Å². The molecule has 0 radical (unpaired) electrons. The van der Waals surface area contributed by atoms with E-state index in [2.05, 4.69) is 21.2 Å². The Hall–Kier alpha value is -0.670. The highest BCUT2D eigenvalue weighted by Crippen LogP contribution is 2.28. The number of piperazine rings is 1. The topological polar surface area (TPSA) is 69.7 Å². The second kappa shape index (κ2) is 8.78. The van der Waals surface area contributed by atoms with E-state index in [0.29, 0.717) is 32.2 Å². The lowest BCUT2D eigenvalue weighted by Crippen LogP contribution is -2.55. The van der Waals surface area contributed by atoms with Gasteiger partial charge in [-0.25, -0.2) is 8.42 Å². The molecule has 1 saturated carbocycles. The molecule has 1 N–H and O–H groups in total. The Morgan fingerprint density at radius 3 is 2.44 bits per heavy atom. The van der Waals surface area contributed by atoms with Gasteiger partial charge in [0.1, 0.15) is 4.90 Å². The fraction of sp³-hybridized carbons (Fsp3) is 0.611.